The van der Waals surface area contributed by atoms with Gasteiger partial charge in [-0.05, 0) is 69.2 Å². The van der Waals surface area contributed by atoms with Gasteiger partial charge in [0, 0.05) is 22.1 Å². The number of aryl methyl sites for hydroxylation is 4. The third-order valence-corrected chi connectivity index (χ3v) is 5.01. The molecule has 0 aliphatic carbocycles. The molecule has 0 unspecified atom stereocenters. The molecule has 0 atom stereocenters. The van der Waals surface area contributed by atoms with Crippen molar-refractivity contribution >= 4 is 46.5 Å². The van der Waals surface area contributed by atoms with Gasteiger partial charge in [-0.2, -0.15) is 0 Å². The summed E-state index contributed by atoms with van der Waals surface area (Å²) in [5.74, 6) is 0.865. The highest BCUT2D eigenvalue weighted by atomic mass is 35.5. The molecule has 0 saturated carbocycles. The van der Waals surface area contributed by atoms with Gasteiger partial charge in [-0.25, -0.2) is 15.0 Å². The number of hydrogen-bond donors (Lipinski definition) is 3. The summed E-state index contributed by atoms with van der Waals surface area (Å²) in [4.78, 5) is 13.5. The molecular weight excluding hydrogens is 428 g/mol. The number of guanidine groups is 1. The highest BCUT2D eigenvalue weighted by Gasteiger charge is 2.09. The number of hydrogen-bond acceptors (Lipinski definition) is 4. The lowest BCUT2D eigenvalue weighted by Gasteiger charge is -2.16. The zero-order valence-electron chi connectivity index (χ0n) is 18.0. The first-order chi connectivity index (χ1) is 14.8. The van der Waals surface area contributed by atoms with Crippen molar-refractivity contribution in [2.45, 2.75) is 34.2 Å². The predicted molar refractivity (Wildman–Crippen MR) is 133 cm³/mol. The summed E-state index contributed by atoms with van der Waals surface area (Å²) < 4.78 is 0. The summed E-state index contributed by atoms with van der Waals surface area (Å²) in [6.45, 7) is 8.29. The minimum atomic E-state index is 0.367. The van der Waals surface area contributed by atoms with Crippen molar-refractivity contribution in [1.82, 2.24) is 15.3 Å². The van der Waals surface area contributed by atoms with Crippen LogP contribution < -0.4 is 16.0 Å². The molecule has 0 fully saturated rings. The van der Waals surface area contributed by atoms with Gasteiger partial charge < -0.3 is 10.6 Å². The molecule has 0 bridgehead atoms. The van der Waals surface area contributed by atoms with Crippen molar-refractivity contribution in [2.24, 2.45) is 4.99 Å². The molecule has 31 heavy (non-hydrogen) atoms. The average molecular weight is 453 g/mol. The zero-order valence-corrected chi connectivity index (χ0v) is 19.5. The molecule has 0 aliphatic rings. The van der Waals surface area contributed by atoms with Gasteiger partial charge in [-0.3, -0.25) is 5.32 Å². The second-order valence-corrected chi connectivity index (χ2v) is 8.07. The Morgan fingerprint density at radius 3 is 2.35 bits per heavy atom. The lowest BCUT2D eigenvalue weighted by Crippen LogP contribution is -2.39. The van der Waals surface area contributed by atoms with Gasteiger partial charge in [0.1, 0.15) is 0 Å². The van der Waals surface area contributed by atoms with Gasteiger partial charge >= 0.3 is 0 Å². The largest absolute Gasteiger partial charge is 0.332 e. The van der Waals surface area contributed by atoms with E-state index in [1.807, 2.05) is 63.2 Å². The molecule has 1 heterocycles. The smallest absolute Gasteiger partial charge is 0.229 e. The van der Waals surface area contributed by atoms with Crippen LogP contribution in [0, 0.1) is 27.7 Å². The molecule has 0 saturated heterocycles. The maximum absolute atomic E-state index is 6.28. The first kappa shape index (κ1) is 22.7. The minimum Gasteiger partial charge on any atom is -0.332 e. The van der Waals surface area contributed by atoms with E-state index in [0.29, 0.717) is 28.6 Å². The molecule has 3 aromatic rings. The Morgan fingerprint density at radius 1 is 0.968 bits per heavy atom. The summed E-state index contributed by atoms with van der Waals surface area (Å²) in [6.07, 6.45) is 0. The van der Waals surface area contributed by atoms with Gasteiger partial charge in [0.25, 0.3) is 0 Å². The first-order valence-corrected chi connectivity index (χ1v) is 10.6. The van der Waals surface area contributed by atoms with Crippen LogP contribution in [0.15, 0.2) is 53.5 Å². The molecule has 0 amide bonds. The predicted octanol–water partition coefficient (Wildman–Crippen LogP) is 5.32. The molecule has 0 radical (unpaired) electrons. The summed E-state index contributed by atoms with van der Waals surface area (Å²) >= 11 is 11.8. The fourth-order valence-corrected chi connectivity index (χ4v) is 3.41. The molecule has 3 rings (SSSR count). The second kappa shape index (κ2) is 10.3. The van der Waals surface area contributed by atoms with Crippen LogP contribution in [-0.2, 0) is 6.54 Å². The van der Waals surface area contributed by atoms with E-state index >= 15 is 0 Å². The Labute approximate surface area is 193 Å². The van der Waals surface area contributed by atoms with E-state index in [1.165, 1.54) is 5.56 Å². The van der Waals surface area contributed by atoms with Gasteiger partial charge in [0.05, 0.1) is 6.54 Å². The van der Waals surface area contributed by atoms with Crippen molar-refractivity contribution in [3.05, 3.63) is 81.6 Å². The number of benzene rings is 2. The monoisotopic (exact) mass is 452 g/mol. The van der Waals surface area contributed by atoms with Crippen LogP contribution in [0.4, 0.5) is 11.6 Å². The van der Waals surface area contributed by atoms with Crippen molar-refractivity contribution in [3.63, 3.8) is 0 Å². The van der Waals surface area contributed by atoms with Gasteiger partial charge in [0.15, 0.2) is 5.11 Å². The SMILES string of the molecule is Cc1ccc(NC(=S)NC(=NCc2ccccc2Cl)Nc2nc(C)cc(C)n2)c(C)c1. The number of nitrogens with one attached hydrogen (secondary N) is 3. The maximum atomic E-state index is 6.28. The molecule has 8 heteroatoms. The fourth-order valence-electron chi connectivity index (χ4n) is 3.00. The van der Waals surface area contributed by atoms with E-state index in [9.17, 15) is 0 Å². The molecular formula is C23H25ClN6S. The van der Waals surface area contributed by atoms with Crippen molar-refractivity contribution in [2.75, 3.05) is 10.6 Å². The van der Waals surface area contributed by atoms with Gasteiger partial charge in [-0.15, -0.1) is 0 Å². The Hall–Kier alpha value is -3.03. The lowest BCUT2D eigenvalue weighted by molar-refractivity contribution is 1.03. The Kier molecular flexibility index (Phi) is 7.55. The van der Waals surface area contributed by atoms with Gasteiger partial charge in [-0.1, -0.05) is 47.5 Å². The van der Waals surface area contributed by atoms with E-state index in [-0.39, 0.29) is 0 Å². The van der Waals surface area contributed by atoms with Crippen molar-refractivity contribution in [1.29, 1.82) is 0 Å². The zero-order chi connectivity index (χ0) is 22.4. The number of thiocarbonyl (C=S) groups is 1. The third-order valence-electron chi connectivity index (χ3n) is 4.44. The molecule has 6 nitrogen and oxygen atoms in total. The number of nitrogens with zero attached hydrogens (tertiary/aromatic N) is 3. The molecule has 3 N–H and O–H groups in total. The van der Waals surface area contributed by atoms with Crippen molar-refractivity contribution in [3.8, 4) is 0 Å². The maximum Gasteiger partial charge on any atom is 0.229 e. The summed E-state index contributed by atoms with van der Waals surface area (Å²) in [5.41, 5.74) is 5.84. The second-order valence-electron chi connectivity index (χ2n) is 7.25. The van der Waals surface area contributed by atoms with E-state index < -0.39 is 0 Å². The van der Waals surface area contributed by atoms with Crippen LogP contribution in [-0.4, -0.2) is 21.0 Å². The normalized spacial score (nSPS) is 11.2. The number of rotatable bonds is 4. The van der Waals surface area contributed by atoms with Crippen LogP contribution in [0.3, 0.4) is 0 Å². The van der Waals surface area contributed by atoms with Crippen LogP contribution in [0.1, 0.15) is 28.1 Å². The molecule has 0 spiro atoms. The minimum absolute atomic E-state index is 0.367. The Balaban J connectivity index is 1.81. The quantitative estimate of drug-likeness (QED) is 0.282. The van der Waals surface area contributed by atoms with E-state index in [1.54, 1.807) is 0 Å². The van der Waals surface area contributed by atoms with Crippen molar-refractivity contribution < 1.29 is 0 Å². The van der Waals surface area contributed by atoms with E-state index in [0.717, 1.165) is 28.2 Å². The first-order valence-electron chi connectivity index (χ1n) is 9.82. The molecule has 2 aromatic carbocycles. The number of anilines is 2. The van der Waals surface area contributed by atoms with E-state index in [2.05, 4.69) is 43.9 Å². The van der Waals surface area contributed by atoms with Crippen LogP contribution >= 0.6 is 23.8 Å². The Bertz CT molecular complexity index is 1110. The molecule has 1 aromatic heterocycles. The summed E-state index contributed by atoms with van der Waals surface area (Å²) in [6, 6.07) is 15.6. The molecule has 160 valence electrons. The average Bonchev–Trinajstić information content (AvgIpc) is 2.68. The number of aromatic nitrogens is 2. The Morgan fingerprint density at radius 2 is 1.68 bits per heavy atom. The van der Waals surface area contributed by atoms with E-state index in [4.69, 9.17) is 23.8 Å². The topological polar surface area (TPSA) is 74.2 Å². The van der Waals surface area contributed by atoms with Crippen LogP contribution in [0.5, 0.6) is 0 Å². The van der Waals surface area contributed by atoms with Gasteiger partial charge in [0.2, 0.25) is 11.9 Å². The third kappa shape index (κ3) is 6.73. The van der Waals surface area contributed by atoms with Crippen LogP contribution in [0.25, 0.3) is 0 Å². The summed E-state index contributed by atoms with van der Waals surface area (Å²) in [5, 5.41) is 10.5. The highest BCUT2D eigenvalue weighted by molar-refractivity contribution is 7.80. The lowest BCUT2D eigenvalue weighted by atomic mass is 10.1. The molecule has 0 aliphatic heterocycles. The highest BCUT2D eigenvalue weighted by Crippen LogP contribution is 2.17. The summed E-state index contributed by atoms with van der Waals surface area (Å²) in [7, 11) is 0. The number of aliphatic imine (C=N–C) groups is 1. The van der Waals surface area contributed by atoms with Crippen LogP contribution in [0.2, 0.25) is 5.02 Å². The fraction of sp³-hybridized carbons (Fsp3) is 0.217. The standard InChI is InChI=1S/C23H25ClN6S/c1-14-9-10-20(15(2)11-14)28-23(31)30-21(25-13-18-7-5-6-8-19(18)24)29-22-26-16(3)12-17(4)27-22/h5-12H,13H2,1-4H3,(H3,25,26,27,28,29,30,31). The number of halogens is 1.